The molecule has 0 spiro atoms. The first-order valence-corrected chi connectivity index (χ1v) is 16.5. The lowest BCUT2D eigenvalue weighted by atomic mass is 10.1. The predicted octanol–water partition coefficient (Wildman–Crippen LogP) is 4.95. The van der Waals surface area contributed by atoms with Gasteiger partial charge in [0, 0.05) is 24.7 Å². The number of methoxy groups -OCH3 is 4. The van der Waals surface area contributed by atoms with Crippen molar-refractivity contribution >= 4 is 27.5 Å². The molecule has 46 heavy (non-hydrogen) atoms. The van der Waals surface area contributed by atoms with Crippen LogP contribution in [-0.2, 0) is 26.2 Å². The van der Waals surface area contributed by atoms with Gasteiger partial charge in [-0.3, -0.25) is 13.9 Å². The Morgan fingerprint density at radius 1 is 0.826 bits per heavy atom. The Kier molecular flexibility index (Phi) is 12.7. The molecule has 0 radical (unpaired) electrons. The van der Waals surface area contributed by atoms with Crippen LogP contribution in [0.1, 0.15) is 44.7 Å². The van der Waals surface area contributed by atoms with Crippen LogP contribution in [0.3, 0.4) is 0 Å². The quantitative estimate of drug-likeness (QED) is 0.230. The number of ether oxygens (including phenoxy) is 4. The van der Waals surface area contributed by atoms with Gasteiger partial charge in [0.1, 0.15) is 24.1 Å². The van der Waals surface area contributed by atoms with E-state index in [-0.39, 0.29) is 40.6 Å². The van der Waals surface area contributed by atoms with Crippen molar-refractivity contribution in [2.75, 3.05) is 39.3 Å². The summed E-state index contributed by atoms with van der Waals surface area (Å²) >= 11 is 0. The first kappa shape index (κ1) is 36.0. The van der Waals surface area contributed by atoms with Gasteiger partial charge in [0.2, 0.25) is 11.8 Å². The summed E-state index contributed by atoms with van der Waals surface area (Å²) in [7, 11) is 1.27. The molecule has 0 aliphatic heterocycles. The predicted molar refractivity (Wildman–Crippen MR) is 177 cm³/mol. The zero-order valence-corrected chi connectivity index (χ0v) is 28.6. The minimum absolute atomic E-state index is 0.0811. The fraction of sp³-hybridized carbons (Fsp3) is 0.412. The summed E-state index contributed by atoms with van der Waals surface area (Å²) in [6.07, 6.45) is 1.02. The number of sulfonamides is 1. The van der Waals surface area contributed by atoms with E-state index in [1.54, 1.807) is 12.1 Å². The average molecular weight is 656 g/mol. The van der Waals surface area contributed by atoms with Gasteiger partial charge in [-0.2, -0.15) is 0 Å². The SMILES string of the molecule is CC[C@H](C)NC(=O)[C@H](CC)N(Cc1cccc(C)c1)C(=O)CN(c1cc(OC)ccc1OC)S(=O)(=O)c1ccc(OC)c(OC)c1. The third-order valence-corrected chi connectivity index (χ3v) is 9.45. The number of amides is 2. The Labute approximate surface area is 272 Å². The van der Waals surface area contributed by atoms with Crippen LogP contribution in [0.4, 0.5) is 5.69 Å². The minimum atomic E-state index is -4.44. The molecule has 0 saturated heterocycles. The number of hydrogen-bond acceptors (Lipinski definition) is 8. The molecule has 0 fully saturated rings. The van der Waals surface area contributed by atoms with Gasteiger partial charge in [0.15, 0.2) is 11.5 Å². The Bertz CT molecular complexity index is 1610. The van der Waals surface area contributed by atoms with E-state index in [1.807, 2.05) is 52.0 Å². The summed E-state index contributed by atoms with van der Waals surface area (Å²) in [5.41, 5.74) is 1.87. The van der Waals surface area contributed by atoms with E-state index >= 15 is 0 Å². The third-order valence-electron chi connectivity index (χ3n) is 7.70. The van der Waals surface area contributed by atoms with Crippen LogP contribution in [0.2, 0.25) is 0 Å². The largest absolute Gasteiger partial charge is 0.497 e. The standard InChI is InChI=1S/C34H45N3O8S/c1-9-24(4)35-34(39)28(10-2)36(21-25-13-11-12-23(3)18-25)33(38)22-37(29-19-26(42-5)14-16-30(29)43-6)46(40,41)27-15-17-31(44-7)32(20-27)45-8/h11-20,24,28H,9-10,21-22H2,1-8H3,(H,35,39)/t24-,28-/m0/s1. The molecule has 11 nitrogen and oxygen atoms in total. The van der Waals surface area contributed by atoms with E-state index in [1.165, 1.54) is 57.6 Å². The summed E-state index contributed by atoms with van der Waals surface area (Å²) in [6.45, 7) is 7.06. The van der Waals surface area contributed by atoms with Gasteiger partial charge in [-0.25, -0.2) is 8.42 Å². The molecule has 0 unspecified atom stereocenters. The van der Waals surface area contributed by atoms with Gasteiger partial charge in [0.25, 0.3) is 10.0 Å². The molecule has 0 saturated carbocycles. The molecule has 1 N–H and O–H groups in total. The van der Waals surface area contributed by atoms with E-state index < -0.39 is 28.5 Å². The maximum absolute atomic E-state index is 14.5. The molecule has 0 bridgehead atoms. The molecular formula is C34H45N3O8S. The highest BCUT2D eigenvalue weighted by molar-refractivity contribution is 7.92. The fourth-order valence-electron chi connectivity index (χ4n) is 4.98. The van der Waals surface area contributed by atoms with Crippen LogP contribution in [0.5, 0.6) is 23.0 Å². The minimum Gasteiger partial charge on any atom is -0.497 e. The Morgan fingerprint density at radius 3 is 2.09 bits per heavy atom. The van der Waals surface area contributed by atoms with Crippen molar-refractivity contribution in [3.63, 3.8) is 0 Å². The number of hydrogen-bond donors (Lipinski definition) is 1. The molecule has 0 aliphatic carbocycles. The van der Waals surface area contributed by atoms with Crippen LogP contribution in [0.25, 0.3) is 0 Å². The lowest BCUT2D eigenvalue weighted by molar-refractivity contribution is -0.140. The van der Waals surface area contributed by atoms with E-state index in [4.69, 9.17) is 18.9 Å². The number of nitrogens with one attached hydrogen (secondary N) is 1. The van der Waals surface area contributed by atoms with E-state index in [0.29, 0.717) is 24.3 Å². The Morgan fingerprint density at radius 2 is 1.50 bits per heavy atom. The van der Waals surface area contributed by atoms with Crippen LogP contribution in [-0.4, -0.2) is 72.2 Å². The molecule has 0 aromatic heterocycles. The van der Waals surface area contributed by atoms with E-state index in [0.717, 1.165) is 15.4 Å². The molecule has 3 aromatic rings. The maximum atomic E-state index is 14.5. The molecule has 2 amide bonds. The molecule has 2 atom stereocenters. The molecule has 3 aromatic carbocycles. The van der Waals surface area contributed by atoms with Gasteiger partial charge in [-0.1, -0.05) is 43.7 Å². The second-order valence-corrected chi connectivity index (χ2v) is 12.7. The summed E-state index contributed by atoms with van der Waals surface area (Å²) in [5.74, 6) is 0.190. The normalized spacial score (nSPS) is 12.4. The van der Waals surface area contributed by atoms with Crippen LogP contribution >= 0.6 is 0 Å². The zero-order chi connectivity index (χ0) is 34.0. The number of carbonyl (C=O) groups is 2. The van der Waals surface area contributed by atoms with Crippen molar-refractivity contribution in [1.82, 2.24) is 10.2 Å². The Hall–Kier alpha value is -4.45. The highest BCUT2D eigenvalue weighted by Crippen LogP contribution is 2.38. The number of anilines is 1. The van der Waals surface area contributed by atoms with Crippen molar-refractivity contribution in [3.05, 3.63) is 71.8 Å². The number of benzene rings is 3. The van der Waals surface area contributed by atoms with Crippen LogP contribution in [0, 0.1) is 6.92 Å². The number of rotatable bonds is 16. The summed E-state index contributed by atoms with van der Waals surface area (Å²) in [5, 5.41) is 2.98. The highest BCUT2D eigenvalue weighted by Gasteiger charge is 2.35. The van der Waals surface area contributed by atoms with Gasteiger partial charge in [0.05, 0.1) is 39.0 Å². The number of nitrogens with zero attached hydrogens (tertiary/aromatic N) is 2. The fourth-order valence-corrected chi connectivity index (χ4v) is 6.41. The molecule has 0 heterocycles. The zero-order valence-electron chi connectivity index (χ0n) is 27.8. The van der Waals surface area contributed by atoms with Crippen molar-refractivity contribution in [2.24, 2.45) is 0 Å². The monoisotopic (exact) mass is 655 g/mol. The summed E-state index contributed by atoms with van der Waals surface area (Å²) < 4.78 is 51.6. The lowest BCUT2D eigenvalue weighted by Crippen LogP contribution is -2.53. The first-order chi connectivity index (χ1) is 21.9. The van der Waals surface area contributed by atoms with Crippen molar-refractivity contribution in [3.8, 4) is 23.0 Å². The van der Waals surface area contributed by atoms with Gasteiger partial charge in [-0.15, -0.1) is 0 Å². The lowest BCUT2D eigenvalue weighted by Gasteiger charge is -2.34. The number of aryl methyl sites for hydroxylation is 1. The topological polar surface area (TPSA) is 124 Å². The molecule has 250 valence electrons. The number of carbonyl (C=O) groups excluding carboxylic acids is 2. The van der Waals surface area contributed by atoms with Crippen molar-refractivity contribution < 1.29 is 37.0 Å². The van der Waals surface area contributed by atoms with Crippen molar-refractivity contribution in [1.29, 1.82) is 0 Å². The van der Waals surface area contributed by atoms with E-state index in [2.05, 4.69) is 5.32 Å². The average Bonchev–Trinajstić information content (AvgIpc) is 3.06. The van der Waals surface area contributed by atoms with Gasteiger partial charge >= 0.3 is 0 Å². The second-order valence-electron chi connectivity index (χ2n) is 10.8. The van der Waals surface area contributed by atoms with E-state index in [9.17, 15) is 18.0 Å². The molecule has 0 aliphatic rings. The van der Waals surface area contributed by atoms with Crippen molar-refractivity contribution in [2.45, 2.75) is 64.1 Å². The van der Waals surface area contributed by atoms with Gasteiger partial charge in [-0.05, 0) is 56.5 Å². The first-order valence-electron chi connectivity index (χ1n) is 15.1. The third kappa shape index (κ3) is 8.42. The highest BCUT2D eigenvalue weighted by atomic mass is 32.2. The van der Waals surface area contributed by atoms with Crippen LogP contribution in [0.15, 0.2) is 65.6 Å². The molecule has 3 rings (SSSR count). The maximum Gasteiger partial charge on any atom is 0.265 e. The van der Waals surface area contributed by atoms with Crippen LogP contribution < -0.4 is 28.6 Å². The second kappa shape index (κ2) is 16.2. The molecular weight excluding hydrogens is 610 g/mol. The summed E-state index contributed by atoms with van der Waals surface area (Å²) in [4.78, 5) is 29.3. The Balaban J connectivity index is 2.20. The summed E-state index contributed by atoms with van der Waals surface area (Å²) in [6, 6.07) is 15.5. The van der Waals surface area contributed by atoms with Gasteiger partial charge < -0.3 is 29.2 Å². The smallest absolute Gasteiger partial charge is 0.265 e. The molecule has 12 heteroatoms.